The molecule has 0 radical (unpaired) electrons. The van der Waals surface area contributed by atoms with Gasteiger partial charge in [-0.05, 0) is 49.5 Å². The van der Waals surface area contributed by atoms with E-state index in [0.717, 1.165) is 22.3 Å². The number of anilines is 1. The van der Waals surface area contributed by atoms with Gasteiger partial charge in [-0.25, -0.2) is 4.98 Å². The summed E-state index contributed by atoms with van der Waals surface area (Å²) in [5.41, 5.74) is 4.23. The standard InChI is InChI=1S/C17H15N3O2S/c1-10-4-3-5-12(8-10)16-20-14-9-13(6-7-15(14)22-16)19-17(23)18-11(2)21/h3-9H,1-2H3,(H2,18,19,21,23). The fraction of sp³-hybridized carbons (Fsp3) is 0.118. The molecule has 1 aromatic heterocycles. The number of amides is 1. The second kappa shape index (κ2) is 6.18. The number of benzene rings is 2. The number of rotatable bonds is 2. The minimum atomic E-state index is -0.216. The number of aromatic nitrogens is 1. The summed E-state index contributed by atoms with van der Waals surface area (Å²) in [4.78, 5) is 15.5. The Kier molecular flexibility index (Phi) is 4.08. The molecular formula is C17H15N3O2S. The smallest absolute Gasteiger partial charge is 0.227 e. The van der Waals surface area contributed by atoms with Gasteiger partial charge in [-0.2, -0.15) is 0 Å². The number of fused-ring (bicyclic) bond motifs is 1. The van der Waals surface area contributed by atoms with Crippen molar-refractivity contribution >= 4 is 40.0 Å². The van der Waals surface area contributed by atoms with Crippen molar-refractivity contribution in [3.05, 3.63) is 48.0 Å². The van der Waals surface area contributed by atoms with Crippen molar-refractivity contribution in [3.63, 3.8) is 0 Å². The van der Waals surface area contributed by atoms with Crippen LogP contribution in [0.4, 0.5) is 5.69 Å². The molecule has 0 aliphatic rings. The summed E-state index contributed by atoms with van der Waals surface area (Å²) in [5.74, 6) is 0.358. The van der Waals surface area contributed by atoms with Gasteiger partial charge in [-0.3, -0.25) is 4.79 Å². The molecule has 3 rings (SSSR count). The molecule has 1 heterocycles. The summed E-state index contributed by atoms with van der Waals surface area (Å²) in [6.07, 6.45) is 0. The largest absolute Gasteiger partial charge is 0.436 e. The van der Waals surface area contributed by atoms with E-state index in [9.17, 15) is 4.79 Å². The van der Waals surface area contributed by atoms with Crippen LogP contribution in [0.1, 0.15) is 12.5 Å². The minimum absolute atomic E-state index is 0.216. The Labute approximate surface area is 138 Å². The van der Waals surface area contributed by atoms with Gasteiger partial charge in [0.05, 0.1) is 0 Å². The molecular weight excluding hydrogens is 310 g/mol. The number of oxazole rings is 1. The van der Waals surface area contributed by atoms with Crippen molar-refractivity contribution < 1.29 is 9.21 Å². The Morgan fingerprint density at radius 1 is 1.22 bits per heavy atom. The second-order valence-electron chi connectivity index (χ2n) is 5.21. The van der Waals surface area contributed by atoms with E-state index < -0.39 is 0 Å². The van der Waals surface area contributed by atoms with Gasteiger partial charge in [-0.15, -0.1) is 0 Å². The third kappa shape index (κ3) is 3.54. The average molecular weight is 325 g/mol. The molecule has 0 saturated heterocycles. The number of hydrogen-bond donors (Lipinski definition) is 2. The Balaban J connectivity index is 1.89. The minimum Gasteiger partial charge on any atom is -0.436 e. The molecule has 0 fully saturated rings. The molecule has 3 aromatic rings. The van der Waals surface area contributed by atoms with Crippen molar-refractivity contribution in [2.24, 2.45) is 0 Å². The number of aryl methyl sites for hydroxylation is 1. The summed E-state index contributed by atoms with van der Waals surface area (Å²) in [5, 5.41) is 5.70. The Hall–Kier alpha value is -2.73. The highest BCUT2D eigenvalue weighted by molar-refractivity contribution is 7.80. The zero-order chi connectivity index (χ0) is 16.4. The summed E-state index contributed by atoms with van der Waals surface area (Å²) < 4.78 is 5.79. The lowest BCUT2D eigenvalue weighted by molar-refractivity contribution is -0.117. The predicted octanol–water partition coefficient (Wildman–Crippen LogP) is 3.64. The van der Waals surface area contributed by atoms with E-state index in [0.29, 0.717) is 11.5 Å². The number of nitrogens with zero attached hydrogens (tertiary/aromatic N) is 1. The van der Waals surface area contributed by atoms with Crippen LogP contribution in [-0.2, 0) is 4.79 Å². The number of carbonyl (C=O) groups is 1. The lowest BCUT2D eigenvalue weighted by Crippen LogP contribution is -2.32. The molecule has 0 bridgehead atoms. The zero-order valence-electron chi connectivity index (χ0n) is 12.7. The Morgan fingerprint density at radius 3 is 2.78 bits per heavy atom. The third-order valence-electron chi connectivity index (χ3n) is 3.20. The van der Waals surface area contributed by atoms with Gasteiger partial charge in [0.15, 0.2) is 10.7 Å². The summed E-state index contributed by atoms with van der Waals surface area (Å²) in [6.45, 7) is 3.43. The molecule has 5 nitrogen and oxygen atoms in total. The summed E-state index contributed by atoms with van der Waals surface area (Å²) in [6, 6.07) is 13.4. The quantitative estimate of drug-likeness (QED) is 0.704. The van der Waals surface area contributed by atoms with Gasteiger partial charge in [0.1, 0.15) is 5.52 Å². The summed E-state index contributed by atoms with van der Waals surface area (Å²) in [7, 11) is 0. The number of nitrogens with one attached hydrogen (secondary N) is 2. The van der Waals surface area contributed by atoms with Crippen LogP contribution in [0.2, 0.25) is 0 Å². The van der Waals surface area contributed by atoms with Crippen molar-refractivity contribution in [2.75, 3.05) is 5.32 Å². The normalized spacial score (nSPS) is 10.5. The molecule has 0 aliphatic heterocycles. The fourth-order valence-corrected chi connectivity index (χ4v) is 2.49. The van der Waals surface area contributed by atoms with Crippen molar-refractivity contribution in [1.29, 1.82) is 0 Å². The lowest BCUT2D eigenvalue weighted by atomic mass is 10.1. The van der Waals surface area contributed by atoms with E-state index in [-0.39, 0.29) is 11.0 Å². The SMILES string of the molecule is CC(=O)NC(=S)Nc1ccc2oc(-c3cccc(C)c3)nc2c1. The van der Waals surface area contributed by atoms with Crippen LogP contribution in [0.15, 0.2) is 46.9 Å². The Morgan fingerprint density at radius 2 is 2.04 bits per heavy atom. The zero-order valence-corrected chi connectivity index (χ0v) is 13.5. The molecule has 0 spiro atoms. The highest BCUT2D eigenvalue weighted by atomic mass is 32.1. The van der Waals surface area contributed by atoms with E-state index >= 15 is 0 Å². The van der Waals surface area contributed by atoms with E-state index in [1.807, 2.05) is 49.4 Å². The maximum absolute atomic E-state index is 11.0. The molecule has 2 N–H and O–H groups in total. The topological polar surface area (TPSA) is 67.2 Å². The van der Waals surface area contributed by atoms with Crippen LogP contribution in [0, 0.1) is 6.92 Å². The fourth-order valence-electron chi connectivity index (χ4n) is 2.23. The van der Waals surface area contributed by atoms with Crippen LogP contribution in [0.5, 0.6) is 0 Å². The van der Waals surface area contributed by atoms with Crippen molar-refractivity contribution in [1.82, 2.24) is 10.3 Å². The number of hydrogen-bond acceptors (Lipinski definition) is 4. The van der Waals surface area contributed by atoms with E-state index in [1.165, 1.54) is 6.92 Å². The first-order chi connectivity index (χ1) is 11.0. The Bertz CT molecular complexity index is 902. The van der Waals surface area contributed by atoms with E-state index in [4.69, 9.17) is 16.6 Å². The predicted molar refractivity (Wildman–Crippen MR) is 94.2 cm³/mol. The first kappa shape index (κ1) is 15.2. The highest BCUT2D eigenvalue weighted by Crippen LogP contribution is 2.26. The van der Waals surface area contributed by atoms with E-state index in [1.54, 1.807) is 0 Å². The molecule has 2 aromatic carbocycles. The van der Waals surface area contributed by atoms with Gasteiger partial charge in [0, 0.05) is 18.2 Å². The number of carbonyl (C=O) groups excluding carboxylic acids is 1. The molecule has 6 heteroatoms. The molecule has 0 unspecified atom stereocenters. The third-order valence-corrected chi connectivity index (χ3v) is 3.40. The van der Waals surface area contributed by atoms with Gasteiger partial charge >= 0.3 is 0 Å². The average Bonchev–Trinajstić information content (AvgIpc) is 2.89. The molecule has 0 aliphatic carbocycles. The molecule has 1 amide bonds. The maximum Gasteiger partial charge on any atom is 0.227 e. The van der Waals surface area contributed by atoms with Crippen LogP contribution >= 0.6 is 12.2 Å². The van der Waals surface area contributed by atoms with Crippen LogP contribution in [0.25, 0.3) is 22.6 Å². The van der Waals surface area contributed by atoms with Crippen molar-refractivity contribution in [2.45, 2.75) is 13.8 Å². The van der Waals surface area contributed by atoms with Gasteiger partial charge in [-0.1, -0.05) is 17.7 Å². The van der Waals surface area contributed by atoms with Gasteiger partial charge < -0.3 is 15.1 Å². The monoisotopic (exact) mass is 325 g/mol. The molecule has 23 heavy (non-hydrogen) atoms. The van der Waals surface area contributed by atoms with Crippen LogP contribution in [0.3, 0.4) is 0 Å². The first-order valence-electron chi connectivity index (χ1n) is 7.07. The summed E-state index contributed by atoms with van der Waals surface area (Å²) >= 11 is 5.04. The molecule has 0 saturated carbocycles. The number of thiocarbonyl (C=S) groups is 1. The van der Waals surface area contributed by atoms with Gasteiger partial charge in [0.25, 0.3) is 0 Å². The second-order valence-corrected chi connectivity index (χ2v) is 5.61. The highest BCUT2D eigenvalue weighted by Gasteiger charge is 2.09. The van der Waals surface area contributed by atoms with Crippen molar-refractivity contribution in [3.8, 4) is 11.5 Å². The van der Waals surface area contributed by atoms with Gasteiger partial charge in [0.2, 0.25) is 11.8 Å². The van der Waals surface area contributed by atoms with Crippen LogP contribution in [-0.4, -0.2) is 16.0 Å². The maximum atomic E-state index is 11.0. The van der Waals surface area contributed by atoms with Crippen LogP contribution < -0.4 is 10.6 Å². The first-order valence-corrected chi connectivity index (χ1v) is 7.48. The molecule has 0 atom stereocenters. The molecule has 116 valence electrons. The lowest BCUT2D eigenvalue weighted by Gasteiger charge is -2.07. The van der Waals surface area contributed by atoms with E-state index in [2.05, 4.69) is 15.6 Å².